The second kappa shape index (κ2) is 7.68. The number of ether oxygens (including phenoxy) is 1. The van der Waals surface area contributed by atoms with Gasteiger partial charge >= 0.3 is 0 Å². The Morgan fingerprint density at radius 2 is 2.04 bits per heavy atom. The van der Waals surface area contributed by atoms with Crippen LogP contribution in [0, 0.1) is 12.7 Å². The molecule has 24 heavy (non-hydrogen) atoms. The van der Waals surface area contributed by atoms with Crippen LogP contribution in [0.15, 0.2) is 52.1 Å². The van der Waals surface area contributed by atoms with Crippen LogP contribution in [0.3, 0.4) is 0 Å². The number of nitrogens with zero attached hydrogens (tertiary/aromatic N) is 2. The van der Waals surface area contributed by atoms with Gasteiger partial charge in [0, 0.05) is 16.3 Å². The van der Waals surface area contributed by atoms with Crippen LogP contribution in [-0.2, 0) is 12.4 Å². The number of thioether (sulfide) groups is 1. The van der Waals surface area contributed by atoms with Crippen molar-refractivity contribution in [2.45, 2.75) is 24.5 Å². The van der Waals surface area contributed by atoms with Gasteiger partial charge in [-0.3, -0.25) is 0 Å². The lowest BCUT2D eigenvalue weighted by Crippen LogP contribution is -1.95. The summed E-state index contributed by atoms with van der Waals surface area (Å²) in [6, 6.07) is 12.3. The second-order valence-corrected chi connectivity index (χ2v) is 6.39. The van der Waals surface area contributed by atoms with Crippen molar-refractivity contribution in [2.75, 3.05) is 0 Å². The first-order valence-electron chi connectivity index (χ1n) is 7.19. The summed E-state index contributed by atoms with van der Waals surface area (Å²) in [5, 5.41) is 8.57. The highest BCUT2D eigenvalue weighted by atomic mass is 35.5. The molecule has 2 aromatic carbocycles. The number of hydrogen-bond acceptors (Lipinski definition) is 5. The summed E-state index contributed by atoms with van der Waals surface area (Å²) in [7, 11) is 0. The first-order valence-corrected chi connectivity index (χ1v) is 8.56. The Labute approximate surface area is 148 Å². The molecule has 0 fully saturated rings. The van der Waals surface area contributed by atoms with Gasteiger partial charge in [0.05, 0.1) is 0 Å². The van der Waals surface area contributed by atoms with E-state index in [0.717, 1.165) is 11.3 Å². The van der Waals surface area contributed by atoms with Gasteiger partial charge in [-0.05, 0) is 36.8 Å². The number of rotatable bonds is 6. The van der Waals surface area contributed by atoms with Crippen molar-refractivity contribution in [1.29, 1.82) is 0 Å². The summed E-state index contributed by atoms with van der Waals surface area (Å²) < 4.78 is 24.8. The lowest BCUT2D eigenvalue weighted by atomic mass is 10.2. The Balaban J connectivity index is 1.57. The maximum atomic E-state index is 13.7. The van der Waals surface area contributed by atoms with Gasteiger partial charge in [0.2, 0.25) is 0 Å². The first kappa shape index (κ1) is 16.8. The highest BCUT2D eigenvalue weighted by Crippen LogP contribution is 2.28. The van der Waals surface area contributed by atoms with Gasteiger partial charge in [0.1, 0.15) is 11.6 Å². The van der Waals surface area contributed by atoms with Crippen molar-refractivity contribution in [1.82, 2.24) is 10.2 Å². The third-order valence-electron chi connectivity index (χ3n) is 3.20. The van der Waals surface area contributed by atoms with Gasteiger partial charge in [-0.2, -0.15) is 0 Å². The SMILES string of the molecule is Cc1cccc(OCc2nnc(SCc3c(F)cccc3Cl)o2)c1. The molecule has 0 saturated heterocycles. The smallest absolute Gasteiger partial charge is 0.277 e. The van der Waals surface area contributed by atoms with E-state index in [1.807, 2.05) is 31.2 Å². The monoisotopic (exact) mass is 364 g/mol. The molecule has 0 unspecified atom stereocenters. The van der Waals surface area contributed by atoms with E-state index in [-0.39, 0.29) is 12.4 Å². The minimum absolute atomic E-state index is 0.178. The summed E-state index contributed by atoms with van der Waals surface area (Å²) in [5.74, 6) is 1.06. The Kier molecular flexibility index (Phi) is 5.37. The summed E-state index contributed by atoms with van der Waals surface area (Å²) >= 11 is 7.22. The molecule has 0 radical (unpaired) electrons. The maximum absolute atomic E-state index is 13.7. The minimum atomic E-state index is -0.350. The van der Waals surface area contributed by atoms with Crippen LogP contribution in [-0.4, -0.2) is 10.2 Å². The Bertz CT molecular complexity index is 821. The zero-order valence-corrected chi connectivity index (χ0v) is 14.4. The summed E-state index contributed by atoms with van der Waals surface area (Å²) in [4.78, 5) is 0. The van der Waals surface area contributed by atoms with E-state index in [0.29, 0.717) is 27.5 Å². The highest BCUT2D eigenvalue weighted by molar-refractivity contribution is 7.98. The van der Waals surface area contributed by atoms with Crippen molar-refractivity contribution in [3.8, 4) is 5.75 Å². The van der Waals surface area contributed by atoms with Crippen LogP contribution in [0.5, 0.6) is 5.75 Å². The zero-order valence-electron chi connectivity index (χ0n) is 12.8. The van der Waals surface area contributed by atoms with Crippen molar-refractivity contribution >= 4 is 23.4 Å². The third-order valence-corrected chi connectivity index (χ3v) is 4.40. The van der Waals surface area contributed by atoms with E-state index in [1.165, 1.54) is 17.8 Å². The normalized spacial score (nSPS) is 10.8. The van der Waals surface area contributed by atoms with Gasteiger partial charge in [-0.15, -0.1) is 10.2 Å². The number of benzene rings is 2. The van der Waals surface area contributed by atoms with Crippen LogP contribution >= 0.6 is 23.4 Å². The van der Waals surface area contributed by atoms with Crippen molar-refractivity contribution in [3.05, 3.63) is 70.3 Å². The fourth-order valence-electron chi connectivity index (χ4n) is 2.01. The largest absolute Gasteiger partial charge is 0.484 e. The molecule has 1 aromatic heterocycles. The van der Waals surface area contributed by atoms with Crippen LogP contribution in [0.2, 0.25) is 5.02 Å². The number of aromatic nitrogens is 2. The van der Waals surface area contributed by atoms with Gasteiger partial charge in [-0.1, -0.05) is 41.6 Å². The molecular formula is C17H14ClFN2O2S. The zero-order chi connectivity index (χ0) is 16.9. The van der Waals surface area contributed by atoms with Crippen LogP contribution in [0.4, 0.5) is 4.39 Å². The average molecular weight is 365 g/mol. The molecule has 3 aromatic rings. The minimum Gasteiger partial charge on any atom is -0.484 e. The molecular weight excluding hydrogens is 351 g/mol. The van der Waals surface area contributed by atoms with Crippen LogP contribution in [0.1, 0.15) is 17.0 Å². The van der Waals surface area contributed by atoms with Crippen molar-refractivity contribution in [2.24, 2.45) is 0 Å². The molecule has 0 bridgehead atoms. The second-order valence-electron chi connectivity index (χ2n) is 5.06. The average Bonchev–Trinajstić information content (AvgIpc) is 3.00. The Morgan fingerprint density at radius 1 is 1.21 bits per heavy atom. The number of aryl methyl sites for hydroxylation is 1. The lowest BCUT2D eigenvalue weighted by molar-refractivity contribution is 0.252. The fourth-order valence-corrected chi connectivity index (χ4v) is 3.13. The van der Waals surface area contributed by atoms with Crippen molar-refractivity contribution < 1.29 is 13.5 Å². The molecule has 4 nitrogen and oxygen atoms in total. The molecule has 0 amide bonds. The quantitative estimate of drug-likeness (QED) is 0.573. The fraction of sp³-hybridized carbons (Fsp3) is 0.176. The van der Waals surface area contributed by atoms with Crippen molar-refractivity contribution in [3.63, 3.8) is 0 Å². The van der Waals surface area contributed by atoms with E-state index in [4.69, 9.17) is 20.8 Å². The molecule has 7 heteroatoms. The van der Waals surface area contributed by atoms with E-state index in [2.05, 4.69) is 10.2 Å². The summed E-state index contributed by atoms with van der Waals surface area (Å²) in [6.45, 7) is 2.17. The molecule has 0 atom stereocenters. The summed E-state index contributed by atoms with van der Waals surface area (Å²) in [5.41, 5.74) is 1.52. The third kappa shape index (κ3) is 4.27. The van der Waals surface area contributed by atoms with Gasteiger partial charge in [-0.25, -0.2) is 4.39 Å². The van der Waals surface area contributed by atoms with Gasteiger partial charge < -0.3 is 9.15 Å². The summed E-state index contributed by atoms with van der Waals surface area (Å²) in [6.07, 6.45) is 0. The van der Waals surface area contributed by atoms with Crippen LogP contribution < -0.4 is 4.74 Å². The molecule has 0 saturated carbocycles. The van der Waals surface area contributed by atoms with Gasteiger partial charge in [0.25, 0.3) is 11.1 Å². The number of hydrogen-bond donors (Lipinski definition) is 0. The molecule has 3 rings (SSSR count). The molecule has 0 aliphatic heterocycles. The Hall–Kier alpha value is -2.05. The maximum Gasteiger partial charge on any atom is 0.277 e. The van der Waals surface area contributed by atoms with E-state index < -0.39 is 0 Å². The number of halogens is 2. The van der Waals surface area contributed by atoms with Gasteiger partial charge in [0.15, 0.2) is 6.61 Å². The predicted octanol–water partition coefficient (Wildman–Crippen LogP) is 5.04. The lowest BCUT2D eigenvalue weighted by Gasteiger charge is -2.04. The topological polar surface area (TPSA) is 48.2 Å². The standard InChI is InChI=1S/C17H14ClFN2O2S/c1-11-4-2-5-12(8-11)22-9-16-20-21-17(23-16)24-10-13-14(18)6-3-7-15(13)19/h2-8H,9-10H2,1H3. The molecule has 1 heterocycles. The highest BCUT2D eigenvalue weighted by Gasteiger charge is 2.12. The Morgan fingerprint density at radius 3 is 2.83 bits per heavy atom. The molecule has 0 aliphatic rings. The van der Waals surface area contributed by atoms with E-state index >= 15 is 0 Å². The molecule has 0 aliphatic carbocycles. The molecule has 0 N–H and O–H groups in total. The van der Waals surface area contributed by atoms with E-state index in [1.54, 1.807) is 12.1 Å². The predicted molar refractivity (Wildman–Crippen MR) is 90.8 cm³/mol. The first-order chi connectivity index (χ1) is 11.6. The molecule has 0 spiro atoms. The van der Waals surface area contributed by atoms with Crippen LogP contribution in [0.25, 0.3) is 0 Å². The van der Waals surface area contributed by atoms with E-state index in [9.17, 15) is 4.39 Å². The molecule has 124 valence electrons.